The van der Waals surface area contributed by atoms with Gasteiger partial charge >= 0.3 is 0 Å². The van der Waals surface area contributed by atoms with Crippen molar-refractivity contribution in [3.8, 4) is 0 Å². The highest BCUT2D eigenvalue weighted by Gasteiger charge is 2.12. The molecule has 0 bridgehead atoms. The molecule has 2 aromatic rings. The summed E-state index contributed by atoms with van der Waals surface area (Å²) in [6.07, 6.45) is 0.856. The third kappa shape index (κ3) is 3.88. The number of benzene rings is 2. The molecule has 2 aromatic carbocycles. The second-order valence-corrected chi connectivity index (χ2v) is 5.53. The molecular formula is C15H11BrClFO. The van der Waals surface area contributed by atoms with Gasteiger partial charge in [-0.15, -0.1) is 0 Å². The van der Waals surface area contributed by atoms with Gasteiger partial charge in [-0.3, -0.25) is 4.79 Å². The average molecular weight is 342 g/mol. The second-order valence-electron chi connectivity index (χ2n) is 4.18. The number of carbonyl (C=O) groups is 1. The van der Waals surface area contributed by atoms with Crippen LogP contribution in [-0.2, 0) is 6.42 Å². The van der Waals surface area contributed by atoms with E-state index in [1.54, 1.807) is 0 Å². The molecular weight excluding hydrogens is 331 g/mol. The highest BCUT2D eigenvalue weighted by atomic mass is 79.9. The minimum Gasteiger partial charge on any atom is -0.294 e. The average Bonchev–Trinajstić information content (AvgIpc) is 2.36. The van der Waals surface area contributed by atoms with Crippen LogP contribution in [0.25, 0.3) is 0 Å². The van der Waals surface area contributed by atoms with Crippen molar-refractivity contribution in [1.82, 2.24) is 0 Å². The van der Waals surface area contributed by atoms with Gasteiger partial charge in [0.1, 0.15) is 5.82 Å². The first-order valence-corrected chi connectivity index (χ1v) is 6.96. The Hall–Kier alpha value is -1.19. The van der Waals surface area contributed by atoms with Crippen LogP contribution in [-0.4, -0.2) is 5.78 Å². The van der Waals surface area contributed by atoms with E-state index in [0.717, 1.165) is 16.1 Å². The van der Waals surface area contributed by atoms with Crippen LogP contribution in [0.5, 0.6) is 0 Å². The predicted octanol–water partition coefficient (Wildman–Crippen LogP) is 5.06. The Labute approximate surface area is 124 Å². The van der Waals surface area contributed by atoms with Crippen LogP contribution in [0.3, 0.4) is 0 Å². The van der Waals surface area contributed by atoms with E-state index in [1.165, 1.54) is 12.1 Å². The van der Waals surface area contributed by atoms with E-state index in [-0.39, 0.29) is 17.8 Å². The summed E-state index contributed by atoms with van der Waals surface area (Å²) in [6, 6.07) is 11.8. The van der Waals surface area contributed by atoms with Crippen LogP contribution in [0, 0.1) is 5.82 Å². The van der Waals surface area contributed by atoms with Gasteiger partial charge in [0.2, 0.25) is 0 Å². The largest absolute Gasteiger partial charge is 0.294 e. The number of halogens is 3. The molecule has 2 rings (SSSR count). The van der Waals surface area contributed by atoms with E-state index in [9.17, 15) is 9.18 Å². The molecule has 1 nitrogen and oxygen atoms in total. The summed E-state index contributed by atoms with van der Waals surface area (Å²) >= 11 is 9.03. The van der Waals surface area contributed by atoms with Crippen molar-refractivity contribution in [2.45, 2.75) is 12.8 Å². The van der Waals surface area contributed by atoms with Gasteiger partial charge in [-0.25, -0.2) is 4.39 Å². The Morgan fingerprint density at radius 2 is 2.00 bits per heavy atom. The molecule has 0 radical (unpaired) electrons. The molecule has 0 aliphatic heterocycles. The maximum atomic E-state index is 13.6. The molecule has 0 atom stereocenters. The monoisotopic (exact) mass is 340 g/mol. The summed E-state index contributed by atoms with van der Waals surface area (Å²) in [5.41, 5.74) is 1.14. The number of rotatable bonds is 4. The molecule has 0 fully saturated rings. The maximum absolute atomic E-state index is 13.6. The smallest absolute Gasteiger partial charge is 0.166 e. The number of aryl methyl sites for hydroxylation is 1. The van der Waals surface area contributed by atoms with Crippen molar-refractivity contribution in [3.05, 3.63) is 68.9 Å². The van der Waals surface area contributed by atoms with Gasteiger partial charge in [0, 0.05) is 15.9 Å². The lowest BCUT2D eigenvalue weighted by Crippen LogP contribution is -2.04. The van der Waals surface area contributed by atoms with Gasteiger partial charge < -0.3 is 0 Å². The zero-order chi connectivity index (χ0) is 13.8. The Morgan fingerprint density at radius 1 is 1.21 bits per heavy atom. The first kappa shape index (κ1) is 14.2. The highest BCUT2D eigenvalue weighted by Crippen LogP contribution is 2.18. The fraction of sp³-hybridized carbons (Fsp3) is 0.133. The molecule has 0 saturated heterocycles. The molecule has 4 heteroatoms. The number of hydrogen-bond acceptors (Lipinski definition) is 1. The van der Waals surface area contributed by atoms with E-state index >= 15 is 0 Å². The van der Waals surface area contributed by atoms with E-state index in [4.69, 9.17) is 11.6 Å². The molecule has 0 amide bonds. The maximum Gasteiger partial charge on any atom is 0.166 e. The minimum atomic E-state index is -0.563. The van der Waals surface area contributed by atoms with E-state index in [1.807, 2.05) is 24.3 Å². The summed E-state index contributed by atoms with van der Waals surface area (Å²) in [4.78, 5) is 11.9. The summed E-state index contributed by atoms with van der Waals surface area (Å²) in [5.74, 6) is -0.777. The Morgan fingerprint density at radius 3 is 2.68 bits per heavy atom. The van der Waals surface area contributed by atoms with Crippen LogP contribution in [0.15, 0.2) is 46.9 Å². The van der Waals surface area contributed by atoms with E-state index in [0.29, 0.717) is 11.4 Å². The van der Waals surface area contributed by atoms with Crippen LogP contribution in [0.2, 0.25) is 5.02 Å². The van der Waals surface area contributed by atoms with Crippen LogP contribution < -0.4 is 0 Å². The van der Waals surface area contributed by atoms with Gasteiger partial charge in [0.05, 0.1) is 5.56 Å². The molecule has 0 heterocycles. The van der Waals surface area contributed by atoms with Gasteiger partial charge in [-0.2, -0.15) is 0 Å². The van der Waals surface area contributed by atoms with Crippen molar-refractivity contribution in [2.24, 2.45) is 0 Å². The molecule has 0 unspecified atom stereocenters. The van der Waals surface area contributed by atoms with Crippen LogP contribution >= 0.6 is 27.5 Å². The molecule has 0 aromatic heterocycles. The Kier molecular flexibility index (Phi) is 4.72. The lowest BCUT2D eigenvalue weighted by atomic mass is 10.0. The first-order valence-electron chi connectivity index (χ1n) is 5.79. The Balaban J connectivity index is 2.05. The molecule has 0 aliphatic rings. The molecule has 0 N–H and O–H groups in total. The van der Waals surface area contributed by atoms with Gasteiger partial charge in [0.25, 0.3) is 0 Å². The molecule has 19 heavy (non-hydrogen) atoms. The Bertz CT molecular complexity index is 613. The zero-order valence-electron chi connectivity index (χ0n) is 10.00. The third-order valence-corrected chi connectivity index (χ3v) is 3.49. The normalized spacial score (nSPS) is 10.5. The molecule has 0 spiro atoms. The van der Waals surface area contributed by atoms with Crippen molar-refractivity contribution in [3.63, 3.8) is 0 Å². The van der Waals surface area contributed by atoms with Gasteiger partial charge in [0.15, 0.2) is 5.78 Å². The molecule has 0 saturated carbocycles. The lowest BCUT2D eigenvalue weighted by Gasteiger charge is -2.04. The number of carbonyl (C=O) groups excluding carboxylic acids is 1. The van der Waals surface area contributed by atoms with Crippen molar-refractivity contribution in [2.75, 3.05) is 0 Å². The number of ketones is 1. The lowest BCUT2D eigenvalue weighted by molar-refractivity contribution is 0.0979. The SMILES string of the molecule is O=C(CCc1cccc(Br)c1)c1ccc(Cl)cc1F. The number of Topliss-reactive ketones (excluding diaryl/α,β-unsaturated/α-hetero) is 1. The topological polar surface area (TPSA) is 17.1 Å². The zero-order valence-corrected chi connectivity index (χ0v) is 12.3. The van der Waals surface area contributed by atoms with Gasteiger partial charge in [-0.05, 0) is 42.3 Å². The quantitative estimate of drug-likeness (QED) is 0.711. The van der Waals surface area contributed by atoms with Crippen molar-refractivity contribution >= 4 is 33.3 Å². The molecule has 98 valence electrons. The van der Waals surface area contributed by atoms with Gasteiger partial charge in [-0.1, -0.05) is 39.7 Å². The summed E-state index contributed by atoms with van der Waals surface area (Å²) in [5, 5.41) is 0.293. The van der Waals surface area contributed by atoms with Crippen molar-refractivity contribution in [1.29, 1.82) is 0 Å². The first-order chi connectivity index (χ1) is 9.06. The van der Waals surface area contributed by atoms with Crippen LogP contribution in [0.4, 0.5) is 4.39 Å². The fourth-order valence-electron chi connectivity index (χ4n) is 1.80. The van der Waals surface area contributed by atoms with Crippen LogP contribution in [0.1, 0.15) is 22.3 Å². The summed E-state index contributed by atoms with van der Waals surface area (Å²) in [7, 11) is 0. The predicted molar refractivity (Wildman–Crippen MR) is 78.2 cm³/mol. The fourth-order valence-corrected chi connectivity index (χ4v) is 2.41. The van der Waals surface area contributed by atoms with E-state index in [2.05, 4.69) is 15.9 Å². The standard InChI is InChI=1S/C15H11BrClFO/c16-11-3-1-2-10(8-11)4-7-15(19)13-6-5-12(17)9-14(13)18/h1-3,5-6,8-9H,4,7H2. The highest BCUT2D eigenvalue weighted by molar-refractivity contribution is 9.10. The number of hydrogen-bond donors (Lipinski definition) is 0. The van der Waals surface area contributed by atoms with Crippen molar-refractivity contribution < 1.29 is 9.18 Å². The third-order valence-electron chi connectivity index (χ3n) is 2.76. The second kappa shape index (κ2) is 6.31. The van der Waals surface area contributed by atoms with E-state index < -0.39 is 5.82 Å². The molecule has 0 aliphatic carbocycles. The minimum absolute atomic E-state index is 0.0967. The summed E-state index contributed by atoms with van der Waals surface area (Å²) < 4.78 is 14.5. The summed E-state index contributed by atoms with van der Waals surface area (Å²) in [6.45, 7) is 0.